The molecule has 0 spiro atoms. The van der Waals surface area contributed by atoms with Crippen LogP contribution in [-0.2, 0) is 9.53 Å². The zero-order chi connectivity index (χ0) is 15.3. The molecule has 2 rings (SSSR count). The van der Waals surface area contributed by atoms with Crippen LogP contribution in [0.2, 0.25) is 0 Å². The van der Waals surface area contributed by atoms with Crippen LogP contribution in [0, 0.1) is 6.92 Å². The summed E-state index contributed by atoms with van der Waals surface area (Å²) in [5.74, 6) is 0.378. The standard InChI is InChI=1S/C15H20BrNO4/c1-11-2-3-13(12(16)8-11)21-9-14(18)17-10-15(19)4-6-20-7-5-15/h2-3,8,19H,4-7,9-10H2,1H3,(H,17,18). The monoisotopic (exact) mass is 357 g/mol. The summed E-state index contributed by atoms with van der Waals surface area (Å²) in [5, 5.41) is 12.9. The third kappa shape index (κ3) is 4.98. The van der Waals surface area contributed by atoms with E-state index in [2.05, 4.69) is 21.2 Å². The zero-order valence-corrected chi connectivity index (χ0v) is 13.6. The summed E-state index contributed by atoms with van der Waals surface area (Å²) < 4.78 is 11.5. The first kappa shape index (κ1) is 16.3. The van der Waals surface area contributed by atoms with Crippen molar-refractivity contribution in [2.45, 2.75) is 25.4 Å². The molecular weight excluding hydrogens is 338 g/mol. The Labute approximate surface area is 132 Å². The Bertz CT molecular complexity index is 500. The molecular formula is C15H20BrNO4. The van der Waals surface area contributed by atoms with E-state index in [-0.39, 0.29) is 19.1 Å². The van der Waals surface area contributed by atoms with Crippen molar-refractivity contribution >= 4 is 21.8 Å². The van der Waals surface area contributed by atoms with Crippen molar-refractivity contribution in [2.24, 2.45) is 0 Å². The van der Waals surface area contributed by atoms with Crippen LogP contribution in [0.15, 0.2) is 22.7 Å². The van der Waals surface area contributed by atoms with Gasteiger partial charge in [-0.2, -0.15) is 0 Å². The molecule has 1 fully saturated rings. The van der Waals surface area contributed by atoms with E-state index in [0.29, 0.717) is 31.8 Å². The first-order valence-corrected chi connectivity index (χ1v) is 7.74. The summed E-state index contributed by atoms with van der Waals surface area (Å²) >= 11 is 3.40. The number of halogens is 1. The number of hydrogen-bond acceptors (Lipinski definition) is 4. The molecule has 0 radical (unpaired) electrons. The van der Waals surface area contributed by atoms with Crippen molar-refractivity contribution in [3.8, 4) is 5.75 Å². The fourth-order valence-corrected chi connectivity index (χ4v) is 2.72. The molecule has 1 aromatic rings. The number of aryl methyl sites for hydroxylation is 1. The van der Waals surface area contributed by atoms with Gasteiger partial charge in [0.25, 0.3) is 5.91 Å². The number of rotatable bonds is 5. The number of carbonyl (C=O) groups excluding carboxylic acids is 1. The number of hydrogen-bond donors (Lipinski definition) is 2. The van der Waals surface area contributed by atoms with Crippen LogP contribution in [0.3, 0.4) is 0 Å². The highest BCUT2D eigenvalue weighted by Crippen LogP contribution is 2.25. The lowest BCUT2D eigenvalue weighted by Crippen LogP contribution is -2.47. The minimum Gasteiger partial charge on any atom is -0.483 e. The van der Waals surface area contributed by atoms with E-state index in [1.54, 1.807) is 0 Å². The Morgan fingerprint density at radius 2 is 2.19 bits per heavy atom. The molecule has 0 atom stereocenters. The van der Waals surface area contributed by atoms with Gasteiger partial charge < -0.3 is 19.9 Å². The van der Waals surface area contributed by atoms with Crippen molar-refractivity contribution in [3.05, 3.63) is 28.2 Å². The number of ether oxygens (including phenoxy) is 2. The van der Waals surface area contributed by atoms with Crippen molar-refractivity contribution in [1.82, 2.24) is 5.32 Å². The lowest BCUT2D eigenvalue weighted by molar-refractivity contribution is -0.125. The van der Waals surface area contributed by atoms with Gasteiger partial charge in [-0.3, -0.25) is 4.79 Å². The van der Waals surface area contributed by atoms with Gasteiger partial charge in [0.05, 0.1) is 10.1 Å². The lowest BCUT2D eigenvalue weighted by atomic mass is 9.94. The van der Waals surface area contributed by atoms with Gasteiger partial charge in [0.2, 0.25) is 0 Å². The summed E-state index contributed by atoms with van der Waals surface area (Å²) in [6, 6.07) is 5.67. The van der Waals surface area contributed by atoms with Crippen molar-refractivity contribution in [3.63, 3.8) is 0 Å². The highest BCUT2D eigenvalue weighted by atomic mass is 79.9. The average Bonchev–Trinajstić information content (AvgIpc) is 2.45. The second kappa shape index (κ2) is 7.24. The topological polar surface area (TPSA) is 67.8 Å². The second-order valence-electron chi connectivity index (χ2n) is 5.34. The molecule has 21 heavy (non-hydrogen) atoms. The number of amides is 1. The van der Waals surface area contributed by atoms with E-state index in [1.165, 1.54) is 0 Å². The fraction of sp³-hybridized carbons (Fsp3) is 0.533. The van der Waals surface area contributed by atoms with Gasteiger partial charge >= 0.3 is 0 Å². The van der Waals surface area contributed by atoms with E-state index in [0.717, 1.165) is 10.0 Å². The van der Waals surface area contributed by atoms with Gasteiger partial charge in [-0.05, 0) is 40.5 Å². The summed E-state index contributed by atoms with van der Waals surface area (Å²) in [5.41, 5.74) is 0.249. The lowest BCUT2D eigenvalue weighted by Gasteiger charge is -2.32. The highest BCUT2D eigenvalue weighted by molar-refractivity contribution is 9.10. The van der Waals surface area contributed by atoms with Crippen molar-refractivity contribution in [1.29, 1.82) is 0 Å². The predicted octanol–water partition coefficient (Wildman–Crippen LogP) is 1.79. The van der Waals surface area contributed by atoms with E-state index < -0.39 is 5.60 Å². The molecule has 1 heterocycles. The SMILES string of the molecule is Cc1ccc(OCC(=O)NCC2(O)CCOCC2)c(Br)c1. The molecule has 0 saturated carbocycles. The van der Waals surface area contributed by atoms with Gasteiger partial charge in [-0.1, -0.05) is 6.07 Å². The molecule has 1 amide bonds. The molecule has 6 heteroatoms. The van der Waals surface area contributed by atoms with Crippen LogP contribution in [0.1, 0.15) is 18.4 Å². The van der Waals surface area contributed by atoms with E-state index in [1.807, 2.05) is 25.1 Å². The Hall–Kier alpha value is -1.11. The van der Waals surface area contributed by atoms with Crippen LogP contribution < -0.4 is 10.1 Å². The Kier molecular flexibility index (Phi) is 5.61. The molecule has 1 aromatic carbocycles. The normalized spacial score (nSPS) is 17.3. The number of benzene rings is 1. The van der Waals surface area contributed by atoms with Crippen LogP contribution in [0.5, 0.6) is 5.75 Å². The summed E-state index contributed by atoms with van der Waals surface area (Å²) in [4.78, 5) is 11.8. The molecule has 1 saturated heterocycles. The van der Waals surface area contributed by atoms with Crippen LogP contribution in [-0.4, -0.2) is 43.0 Å². The molecule has 0 unspecified atom stereocenters. The molecule has 116 valence electrons. The predicted molar refractivity (Wildman–Crippen MR) is 82.4 cm³/mol. The van der Waals surface area contributed by atoms with Crippen LogP contribution >= 0.6 is 15.9 Å². The molecule has 1 aliphatic heterocycles. The van der Waals surface area contributed by atoms with Gasteiger partial charge in [0, 0.05) is 32.6 Å². The van der Waals surface area contributed by atoms with Crippen molar-refractivity contribution in [2.75, 3.05) is 26.4 Å². The molecule has 5 nitrogen and oxygen atoms in total. The molecule has 0 aromatic heterocycles. The minimum atomic E-state index is -0.863. The van der Waals surface area contributed by atoms with E-state index in [4.69, 9.17) is 9.47 Å². The maximum absolute atomic E-state index is 11.8. The average molecular weight is 358 g/mol. The van der Waals surface area contributed by atoms with Gasteiger partial charge in [-0.25, -0.2) is 0 Å². The smallest absolute Gasteiger partial charge is 0.258 e. The summed E-state index contributed by atoms with van der Waals surface area (Å²) in [6.45, 7) is 3.19. The fourth-order valence-electron chi connectivity index (χ4n) is 2.11. The number of nitrogens with one attached hydrogen (secondary N) is 1. The van der Waals surface area contributed by atoms with Crippen LogP contribution in [0.4, 0.5) is 0 Å². The molecule has 1 aliphatic rings. The Morgan fingerprint density at radius 3 is 2.86 bits per heavy atom. The zero-order valence-electron chi connectivity index (χ0n) is 12.0. The van der Waals surface area contributed by atoms with Gasteiger partial charge in [0.15, 0.2) is 6.61 Å². The molecule has 2 N–H and O–H groups in total. The maximum Gasteiger partial charge on any atom is 0.258 e. The number of carbonyl (C=O) groups is 1. The third-order valence-electron chi connectivity index (χ3n) is 3.48. The summed E-state index contributed by atoms with van der Waals surface area (Å²) in [6.07, 6.45) is 1.08. The van der Waals surface area contributed by atoms with Crippen LogP contribution in [0.25, 0.3) is 0 Å². The summed E-state index contributed by atoms with van der Waals surface area (Å²) in [7, 11) is 0. The van der Waals surface area contributed by atoms with Gasteiger partial charge in [-0.15, -0.1) is 0 Å². The first-order chi connectivity index (χ1) is 9.98. The quantitative estimate of drug-likeness (QED) is 0.842. The Morgan fingerprint density at radius 1 is 1.48 bits per heavy atom. The van der Waals surface area contributed by atoms with Crippen molar-refractivity contribution < 1.29 is 19.4 Å². The largest absolute Gasteiger partial charge is 0.483 e. The molecule has 0 bridgehead atoms. The third-order valence-corrected chi connectivity index (χ3v) is 4.10. The highest BCUT2D eigenvalue weighted by Gasteiger charge is 2.30. The van der Waals surface area contributed by atoms with E-state index in [9.17, 15) is 9.90 Å². The maximum atomic E-state index is 11.8. The van der Waals surface area contributed by atoms with E-state index >= 15 is 0 Å². The minimum absolute atomic E-state index is 0.0752. The second-order valence-corrected chi connectivity index (χ2v) is 6.19. The van der Waals surface area contributed by atoms with Gasteiger partial charge in [0.1, 0.15) is 5.75 Å². The number of aliphatic hydroxyl groups is 1. The first-order valence-electron chi connectivity index (χ1n) is 6.94. The molecule has 0 aliphatic carbocycles. The Balaban J connectivity index is 1.77.